The molecule has 0 bridgehead atoms. The highest BCUT2D eigenvalue weighted by molar-refractivity contribution is 6.31. The Morgan fingerprint density at radius 3 is 2.83 bits per heavy atom. The lowest BCUT2D eigenvalue weighted by molar-refractivity contribution is -0.885. The molecule has 24 heavy (non-hydrogen) atoms. The second kappa shape index (κ2) is 7.55. The molecular weight excluding hydrogens is 328 g/mol. The minimum absolute atomic E-state index is 0.00633. The summed E-state index contributed by atoms with van der Waals surface area (Å²) < 4.78 is 10.7. The number of likely N-dealkylation sites (N-methyl/N-ethyl adjacent to an activating group) is 1. The van der Waals surface area contributed by atoms with E-state index in [1.165, 1.54) is 0 Å². The molecule has 0 radical (unpaired) electrons. The fourth-order valence-electron chi connectivity index (χ4n) is 2.63. The van der Waals surface area contributed by atoms with Gasteiger partial charge in [0.15, 0.2) is 18.0 Å². The number of quaternary nitrogens is 1. The van der Waals surface area contributed by atoms with Crippen molar-refractivity contribution in [2.24, 2.45) is 0 Å². The van der Waals surface area contributed by atoms with Gasteiger partial charge in [-0.1, -0.05) is 29.8 Å². The van der Waals surface area contributed by atoms with Crippen LogP contribution in [0.5, 0.6) is 11.5 Å². The van der Waals surface area contributed by atoms with Crippen LogP contribution in [0, 0.1) is 0 Å². The third kappa shape index (κ3) is 4.19. The van der Waals surface area contributed by atoms with Gasteiger partial charge in [-0.3, -0.25) is 4.79 Å². The predicted molar refractivity (Wildman–Crippen MR) is 91.3 cm³/mol. The number of carbonyl (C=O) groups is 1. The van der Waals surface area contributed by atoms with Gasteiger partial charge >= 0.3 is 0 Å². The van der Waals surface area contributed by atoms with Crippen LogP contribution in [0.15, 0.2) is 42.5 Å². The zero-order valence-electron chi connectivity index (χ0n) is 13.5. The lowest BCUT2D eigenvalue weighted by atomic mass is 10.2. The summed E-state index contributed by atoms with van der Waals surface area (Å²) in [5.74, 6) is 1.53. The van der Waals surface area contributed by atoms with Crippen LogP contribution in [0.1, 0.15) is 11.1 Å². The molecule has 0 aliphatic carbocycles. The van der Waals surface area contributed by atoms with Gasteiger partial charge in [-0.15, -0.1) is 0 Å². The summed E-state index contributed by atoms with van der Waals surface area (Å²) in [6, 6.07) is 13.4. The number of halogens is 1. The van der Waals surface area contributed by atoms with E-state index < -0.39 is 0 Å². The van der Waals surface area contributed by atoms with E-state index in [-0.39, 0.29) is 12.7 Å². The molecule has 126 valence electrons. The van der Waals surface area contributed by atoms with Gasteiger partial charge < -0.3 is 19.7 Å². The maximum atomic E-state index is 12.1. The van der Waals surface area contributed by atoms with Gasteiger partial charge in [0.2, 0.25) is 6.79 Å². The Kier molecular flexibility index (Phi) is 5.23. The van der Waals surface area contributed by atoms with E-state index in [2.05, 4.69) is 5.32 Å². The van der Waals surface area contributed by atoms with Crippen LogP contribution < -0.4 is 19.7 Å². The van der Waals surface area contributed by atoms with Crippen molar-refractivity contribution in [1.29, 1.82) is 0 Å². The number of benzene rings is 2. The van der Waals surface area contributed by atoms with E-state index in [4.69, 9.17) is 21.1 Å². The Morgan fingerprint density at radius 1 is 1.21 bits per heavy atom. The molecule has 0 saturated carbocycles. The predicted octanol–water partition coefficient (Wildman–Crippen LogP) is 1.40. The Hall–Kier alpha value is -2.24. The lowest BCUT2D eigenvalue weighted by Gasteiger charge is -2.14. The SMILES string of the molecule is C[NH+](CC(=O)NCc1ccccc1Cl)Cc1ccc2c(c1)OCO2. The Labute approximate surface area is 146 Å². The van der Waals surface area contributed by atoms with Gasteiger partial charge in [0.25, 0.3) is 5.91 Å². The summed E-state index contributed by atoms with van der Waals surface area (Å²) in [5.41, 5.74) is 2.02. The monoisotopic (exact) mass is 347 g/mol. The minimum Gasteiger partial charge on any atom is -0.454 e. The van der Waals surface area contributed by atoms with Crippen molar-refractivity contribution in [2.75, 3.05) is 20.4 Å². The van der Waals surface area contributed by atoms with Gasteiger partial charge in [0.05, 0.1) is 7.05 Å². The van der Waals surface area contributed by atoms with Crippen molar-refractivity contribution in [3.05, 3.63) is 58.6 Å². The van der Waals surface area contributed by atoms with Gasteiger partial charge in [-0.25, -0.2) is 0 Å². The molecule has 2 N–H and O–H groups in total. The Morgan fingerprint density at radius 2 is 2.00 bits per heavy atom. The number of nitrogens with one attached hydrogen (secondary N) is 2. The zero-order valence-corrected chi connectivity index (χ0v) is 14.2. The normalized spacial score (nSPS) is 13.6. The van der Waals surface area contributed by atoms with Crippen LogP contribution in [0.2, 0.25) is 5.02 Å². The molecule has 0 saturated heterocycles. The third-order valence-corrected chi connectivity index (χ3v) is 4.21. The fraction of sp³-hybridized carbons (Fsp3) is 0.278. The molecule has 1 aliphatic rings. The fourth-order valence-corrected chi connectivity index (χ4v) is 2.84. The first kappa shape index (κ1) is 16.6. The second-order valence-electron chi connectivity index (χ2n) is 5.87. The second-order valence-corrected chi connectivity index (χ2v) is 6.27. The first-order chi connectivity index (χ1) is 11.6. The van der Waals surface area contributed by atoms with Crippen molar-refractivity contribution in [1.82, 2.24) is 5.32 Å². The number of rotatable bonds is 6. The summed E-state index contributed by atoms with van der Waals surface area (Å²) in [6.45, 7) is 1.83. The van der Waals surface area contributed by atoms with Gasteiger partial charge in [-0.05, 0) is 29.8 Å². The average molecular weight is 348 g/mol. The van der Waals surface area contributed by atoms with E-state index >= 15 is 0 Å². The first-order valence-corrected chi connectivity index (χ1v) is 8.19. The number of hydrogen-bond donors (Lipinski definition) is 2. The highest BCUT2D eigenvalue weighted by atomic mass is 35.5. The van der Waals surface area contributed by atoms with Crippen LogP contribution in [-0.2, 0) is 17.9 Å². The molecule has 2 aromatic rings. The summed E-state index contributed by atoms with van der Waals surface area (Å²) in [5, 5.41) is 3.57. The molecule has 0 spiro atoms. The van der Waals surface area contributed by atoms with E-state index in [1.54, 1.807) is 0 Å². The summed E-state index contributed by atoms with van der Waals surface area (Å²) in [7, 11) is 1.99. The molecule has 3 rings (SSSR count). The molecule has 2 aromatic carbocycles. The standard InChI is InChI=1S/C18H19ClN2O3/c1-21(10-13-6-7-16-17(8-13)24-12-23-16)11-18(22)20-9-14-4-2-3-5-15(14)19/h2-8H,9-12H2,1H3,(H,20,22)/p+1. The molecular formula is C18H20ClN2O3+. The van der Waals surface area contributed by atoms with E-state index in [1.807, 2.05) is 49.5 Å². The van der Waals surface area contributed by atoms with Crippen molar-refractivity contribution >= 4 is 17.5 Å². The van der Waals surface area contributed by atoms with Crippen LogP contribution in [0.25, 0.3) is 0 Å². The van der Waals surface area contributed by atoms with Crippen molar-refractivity contribution in [3.63, 3.8) is 0 Å². The average Bonchev–Trinajstić information content (AvgIpc) is 3.01. The molecule has 1 heterocycles. The number of fused-ring (bicyclic) bond motifs is 1. The summed E-state index contributed by atoms with van der Waals surface area (Å²) >= 11 is 6.09. The first-order valence-electron chi connectivity index (χ1n) is 7.82. The molecule has 1 unspecified atom stereocenters. The maximum absolute atomic E-state index is 12.1. The van der Waals surface area contributed by atoms with Crippen LogP contribution in [-0.4, -0.2) is 26.3 Å². The molecule has 1 atom stereocenters. The Balaban J connectivity index is 1.48. The zero-order chi connectivity index (χ0) is 16.9. The van der Waals surface area contributed by atoms with Gasteiger partial charge in [0.1, 0.15) is 6.54 Å². The Bertz CT molecular complexity index is 736. The maximum Gasteiger partial charge on any atom is 0.275 e. The smallest absolute Gasteiger partial charge is 0.275 e. The van der Waals surface area contributed by atoms with Crippen molar-refractivity contribution in [3.8, 4) is 11.5 Å². The molecule has 1 amide bonds. The quantitative estimate of drug-likeness (QED) is 0.830. The van der Waals surface area contributed by atoms with Crippen molar-refractivity contribution < 1.29 is 19.2 Å². The van der Waals surface area contributed by atoms with E-state index in [0.29, 0.717) is 18.1 Å². The number of carbonyl (C=O) groups excluding carboxylic acids is 1. The van der Waals surface area contributed by atoms with Crippen LogP contribution in [0.3, 0.4) is 0 Å². The van der Waals surface area contributed by atoms with Crippen LogP contribution in [0.4, 0.5) is 0 Å². The molecule has 0 fully saturated rings. The minimum atomic E-state index is -0.00633. The number of hydrogen-bond acceptors (Lipinski definition) is 3. The number of ether oxygens (including phenoxy) is 2. The largest absolute Gasteiger partial charge is 0.454 e. The molecule has 6 heteroatoms. The third-order valence-electron chi connectivity index (χ3n) is 3.84. The molecule has 0 aromatic heterocycles. The van der Waals surface area contributed by atoms with Crippen molar-refractivity contribution in [2.45, 2.75) is 13.1 Å². The number of amides is 1. The highest BCUT2D eigenvalue weighted by Crippen LogP contribution is 2.32. The summed E-state index contributed by atoms with van der Waals surface area (Å²) in [4.78, 5) is 13.2. The molecule has 1 aliphatic heterocycles. The lowest BCUT2D eigenvalue weighted by Crippen LogP contribution is -3.08. The summed E-state index contributed by atoms with van der Waals surface area (Å²) in [6.07, 6.45) is 0. The topological polar surface area (TPSA) is 52.0 Å². The van der Waals surface area contributed by atoms with Gasteiger partial charge in [0, 0.05) is 17.1 Å². The van der Waals surface area contributed by atoms with E-state index in [9.17, 15) is 4.79 Å². The van der Waals surface area contributed by atoms with Gasteiger partial charge in [-0.2, -0.15) is 0 Å². The highest BCUT2D eigenvalue weighted by Gasteiger charge is 2.16. The molecule has 5 nitrogen and oxygen atoms in total. The van der Waals surface area contributed by atoms with Crippen LogP contribution >= 0.6 is 11.6 Å². The van der Waals surface area contributed by atoms with E-state index in [0.717, 1.165) is 34.1 Å².